The van der Waals surface area contributed by atoms with E-state index >= 15 is 0 Å². The molecule has 0 aliphatic rings. The van der Waals surface area contributed by atoms with Gasteiger partial charge in [-0.05, 0) is 13.8 Å². The number of hydrogen-bond acceptors (Lipinski definition) is 2. The molecule has 55 valence electrons. The van der Waals surface area contributed by atoms with Crippen molar-refractivity contribution in [3.05, 3.63) is 18.2 Å². The molecule has 1 heterocycles. The Labute approximate surface area is 60.6 Å². The SMILES string of the molecule is COC(C)n1[c]nc(C)c1. The van der Waals surface area contributed by atoms with E-state index in [-0.39, 0.29) is 6.23 Å². The average molecular weight is 139 g/mol. The number of hydrogen-bond donors (Lipinski definition) is 0. The molecule has 0 aliphatic carbocycles. The lowest BCUT2D eigenvalue weighted by molar-refractivity contribution is 0.0597. The van der Waals surface area contributed by atoms with Gasteiger partial charge >= 0.3 is 0 Å². The van der Waals surface area contributed by atoms with Crippen LogP contribution in [0.25, 0.3) is 0 Å². The van der Waals surface area contributed by atoms with Crippen molar-refractivity contribution >= 4 is 0 Å². The van der Waals surface area contributed by atoms with Crippen LogP contribution in [0.1, 0.15) is 18.8 Å². The second kappa shape index (κ2) is 2.84. The maximum atomic E-state index is 5.04. The van der Waals surface area contributed by atoms with E-state index in [0.717, 1.165) is 5.69 Å². The summed E-state index contributed by atoms with van der Waals surface area (Å²) in [5.74, 6) is 0. The Kier molecular flexibility index (Phi) is 2.06. The number of nitrogens with zero attached hydrogens (tertiary/aromatic N) is 2. The van der Waals surface area contributed by atoms with Gasteiger partial charge in [-0.3, -0.25) is 0 Å². The van der Waals surface area contributed by atoms with Gasteiger partial charge in [-0.2, -0.15) is 0 Å². The molecule has 10 heavy (non-hydrogen) atoms. The number of imidazole rings is 1. The molecule has 1 atom stereocenters. The van der Waals surface area contributed by atoms with E-state index in [9.17, 15) is 0 Å². The van der Waals surface area contributed by atoms with Gasteiger partial charge in [-0.1, -0.05) is 0 Å². The molecule has 0 spiro atoms. The molecule has 1 aromatic heterocycles. The summed E-state index contributed by atoms with van der Waals surface area (Å²) in [5, 5.41) is 0. The summed E-state index contributed by atoms with van der Waals surface area (Å²) < 4.78 is 6.84. The van der Waals surface area contributed by atoms with Crippen LogP contribution in [0.2, 0.25) is 0 Å². The maximum absolute atomic E-state index is 5.04. The molecule has 0 fully saturated rings. The molecule has 0 saturated carbocycles. The standard InChI is InChI=1S/C7H11N2O/c1-6-4-9(5-8-6)7(2)10-3/h4,7H,1-3H3. The predicted octanol–water partition coefficient (Wildman–Crippen LogP) is 1.16. The molecule has 3 heteroatoms. The minimum Gasteiger partial charge on any atom is -0.362 e. The Morgan fingerprint density at radius 3 is 2.90 bits per heavy atom. The highest BCUT2D eigenvalue weighted by molar-refractivity contribution is 4.91. The molecule has 1 rings (SSSR count). The summed E-state index contributed by atoms with van der Waals surface area (Å²) >= 11 is 0. The Morgan fingerprint density at radius 2 is 2.50 bits per heavy atom. The van der Waals surface area contributed by atoms with Crippen LogP contribution in [-0.2, 0) is 4.74 Å². The van der Waals surface area contributed by atoms with Gasteiger partial charge in [0.05, 0.1) is 5.69 Å². The summed E-state index contributed by atoms with van der Waals surface area (Å²) in [6.45, 7) is 3.87. The topological polar surface area (TPSA) is 27.1 Å². The lowest BCUT2D eigenvalue weighted by Crippen LogP contribution is -2.03. The van der Waals surface area contributed by atoms with E-state index in [4.69, 9.17) is 4.74 Å². The number of rotatable bonds is 2. The number of ether oxygens (including phenoxy) is 1. The first kappa shape index (κ1) is 7.28. The van der Waals surface area contributed by atoms with Crippen LogP contribution in [0, 0.1) is 13.3 Å². The van der Waals surface area contributed by atoms with Crippen molar-refractivity contribution < 1.29 is 4.74 Å². The molecule has 0 aliphatic heterocycles. The Hall–Kier alpha value is -0.830. The van der Waals surface area contributed by atoms with Crippen LogP contribution < -0.4 is 0 Å². The van der Waals surface area contributed by atoms with Crippen LogP contribution >= 0.6 is 0 Å². The van der Waals surface area contributed by atoms with Gasteiger partial charge in [0.15, 0.2) is 6.33 Å². The highest BCUT2D eigenvalue weighted by Gasteiger charge is 2.01. The summed E-state index contributed by atoms with van der Waals surface area (Å²) in [5.41, 5.74) is 0.962. The van der Waals surface area contributed by atoms with Crippen molar-refractivity contribution in [3.63, 3.8) is 0 Å². The zero-order valence-electron chi connectivity index (χ0n) is 6.46. The van der Waals surface area contributed by atoms with E-state index in [2.05, 4.69) is 11.3 Å². The highest BCUT2D eigenvalue weighted by Crippen LogP contribution is 2.04. The third-order valence-corrected chi connectivity index (χ3v) is 1.40. The van der Waals surface area contributed by atoms with Gasteiger partial charge < -0.3 is 9.30 Å². The maximum Gasteiger partial charge on any atom is 0.178 e. The molecule has 0 saturated heterocycles. The van der Waals surface area contributed by atoms with Crippen molar-refractivity contribution in [2.45, 2.75) is 20.1 Å². The molecule has 0 amide bonds. The van der Waals surface area contributed by atoms with Crippen molar-refractivity contribution in [1.29, 1.82) is 0 Å². The average Bonchev–Trinajstić information content (AvgIpc) is 2.34. The Bertz CT molecular complexity index is 207. The van der Waals surface area contributed by atoms with Gasteiger partial charge in [0.1, 0.15) is 6.23 Å². The molecule has 0 aromatic carbocycles. The van der Waals surface area contributed by atoms with E-state index in [1.165, 1.54) is 0 Å². The Morgan fingerprint density at radius 1 is 1.80 bits per heavy atom. The minimum absolute atomic E-state index is 0.0289. The molecule has 1 aromatic rings. The van der Waals surface area contributed by atoms with Gasteiger partial charge in [-0.25, -0.2) is 4.98 Å². The lowest BCUT2D eigenvalue weighted by Gasteiger charge is -2.08. The number of aryl methyl sites for hydroxylation is 1. The van der Waals surface area contributed by atoms with Gasteiger partial charge in [0.25, 0.3) is 0 Å². The first-order valence-electron chi connectivity index (χ1n) is 3.20. The van der Waals surface area contributed by atoms with Crippen LogP contribution in [0.4, 0.5) is 0 Å². The van der Waals surface area contributed by atoms with Crippen LogP contribution in [0.15, 0.2) is 6.20 Å². The molecule has 1 radical (unpaired) electrons. The summed E-state index contributed by atoms with van der Waals surface area (Å²) in [6.07, 6.45) is 4.72. The predicted molar refractivity (Wildman–Crippen MR) is 37.5 cm³/mol. The number of aromatic nitrogens is 2. The molecule has 0 bridgehead atoms. The van der Waals surface area contributed by atoms with Gasteiger partial charge in [0.2, 0.25) is 0 Å². The lowest BCUT2D eigenvalue weighted by atomic mass is 10.5. The monoisotopic (exact) mass is 139 g/mol. The van der Waals surface area contributed by atoms with E-state index in [1.54, 1.807) is 11.7 Å². The van der Waals surface area contributed by atoms with Crippen molar-refractivity contribution in [1.82, 2.24) is 9.55 Å². The first-order chi connectivity index (χ1) is 4.74. The zero-order chi connectivity index (χ0) is 7.56. The second-order valence-electron chi connectivity index (χ2n) is 2.22. The fraction of sp³-hybridized carbons (Fsp3) is 0.571. The fourth-order valence-corrected chi connectivity index (χ4v) is 0.695. The third-order valence-electron chi connectivity index (χ3n) is 1.40. The smallest absolute Gasteiger partial charge is 0.178 e. The zero-order valence-corrected chi connectivity index (χ0v) is 6.46. The van der Waals surface area contributed by atoms with Crippen molar-refractivity contribution in [3.8, 4) is 0 Å². The summed E-state index contributed by atoms with van der Waals surface area (Å²) in [6, 6.07) is 0. The normalized spacial score (nSPS) is 13.5. The largest absolute Gasteiger partial charge is 0.362 e. The molecule has 3 nitrogen and oxygen atoms in total. The van der Waals surface area contributed by atoms with E-state index in [0.29, 0.717) is 0 Å². The minimum atomic E-state index is 0.0289. The first-order valence-corrected chi connectivity index (χ1v) is 3.20. The summed E-state index contributed by atoms with van der Waals surface area (Å²) in [4.78, 5) is 3.94. The molecule has 0 N–H and O–H groups in total. The molecular weight excluding hydrogens is 128 g/mol. The third kappa shape index (κ3) is 1.36. The second-order valence-corrected chi connectivity index (χ2v) is 2.22. The van der Waals surface area contributed by atoms with Crippen molar-refractivity contribution in [2.75, 3.05) is 7.11 Å². The van der Waals surface area contributed by atoms with Crippen molar-refractivity contribution in [2.24, 2.45) is 0 Å². The fourth-order valence-electron chi connectivity index (χ4n) is 0.695. The quantitative estimate of drug-likeness (QED) is 0.614. The van der Waals surface area contributed by atoms with E-state index in [1.807, 2.05) is 20.0 Å². The molecular formula is C7H11N2O. The molecule has 1 unspecified atom stereocenters. The number of methoxy groups -OCH3 is 1. The van der Waals surface area contributed by atoms with Crippen LogP contribution in [0.3, 0.4) is 0 Å². The highest BCUT2D eigenvalue weighted by atomic mass is 16.5. The Balaban J connectivity index is 2.74. The van der Waals surface area contributed by atoms with Gasteiger partial charge in [0, 0.05) is 13.3 Å². The van der Waals surface area contributed by atoms with E-state index < -0.39 is 0 Å². The van der Waals surface area contributed by atoms with Crippen LogP contribution in [0.5, 0.6) is 0 Å². The van der Waals surface area contributed by atoms with Gasteiger partial charge in [-0.15, -0.1) is 0 Å². The van der Waals surface area contributed by atoms with Crippen LogP contribution in [-0.4, -0.2) is 16.7 Å². The summed E-state index contributed by atoms with van der Waals surface area (Å²) in [7, 11) is 1.66.